The molecule has 0 amide bonds. The van der Waals surface area contributed by atoms with Crippen LogP contribution in [0.15, 0.2) is 77.7 Å². The Morgan fingerprint density at radius 1 is 0.933 bits per heavy atom. The van der Waals surface area contributed by atoms with Gasteiger partial charge in [0.15, 0.2) is 0 Å². The van der Waals surface area contributed by atoms with Gasteiger partial charge in [-0.15, -0.1) is 0 Å². The van der Waals surface area contributed by atoms with Crippen LogP contribution < -0.4 is 4.31 Å². The molecule has 0 saturated carbocycles. The van der Waals surface area contributed by atoms with Crippen LogP contribution in [0.3, 0.4) is 0 Å². The molecule has 30 heavy (non-hydrogen) atoms. The zero-order valence-electron chi connectivity index (χ0n) is 16.7. The van der Waals surface area contributed by atoms with Crippen LogP contribution in [0.2, 0.25) is 0 Å². The molecule has 0 N–H and O–H groups in total. The first kappa shape index (κ1) is 18.9. The molecule has 1 unspecified atom stereocenters. The summed E-state index contributed by atoms with van der Waals surface area (Å²) in [6.45, 7) is 2.09. The normalized spacial score (nSPS) is 16.2. The second-order valence-electron chi connectivity index (χ2n) is 7.74. The molecule has 4 aromatic rings. The third-order valence-corrected chi connectivity index (χ3v) is 7.71. The van der Waals surface area contributed by atoms with Crippen LogP contribution in [0.4, 0.5) is 10.2 Å². The van der Waals surface area contributed by atoms with Crippen molar-refractivity contribution in [3.05, 3.63) is 95.3 Å². The van der Waals surface area contributed by atoms with Crippen molar-refractivity contribution in [2.24, 2.45) is 7.05 Å². The Kier molecular flexibility index (Phi) is 4.22. The van der Waals surface area contributed by atoms with E-state index in [4.69, 9.17) is 0 Å². The Hall–Kier alpha value is -3.12. The number of nitrogens with zero attached hydrogens (tertiary/aromatic N) is 2. The molecule has 1 aliphatic rings. The summed E-state index contributed by atoms with van der Waals surface area (Å²) in [6, 6.07) is 21.2. The Labute approximate surface area is 175 Å². The van der Waals surface area contributed by atoms with Crippen molar-refractivity contribution >= 4 is 26.7 Å². The number of rotatable bonds is 3. The molecule has 0 spiro atoms. The quantitative estimate of drug-likeness (QED) is 0.470. The summed E-state index contributed by atoms with van der Waals surface area (Å²) in [5, 5.41) is 0.949. The Morgan fingerprint density at radius 3 is 2.33 bits per heavy atom. The standard InChI is InChI=1S/C24H21FN2O2S/c1-16-11-13-17(14-12-16)30(28,29)27-15-20(18-7-3-5-9-21(18)25)23-19-8-4-6-10-22(19)26(2)24(23)27/h3-14,20H,15H2,1-2H3. The van der Waals surface area contributed by atoms with Crippen LogP contribution in [-0.2, 0) is 17.1 Å². The maximum atomic E-state index is 14.8. The zero-order valence-corrected chi connectivity index (χ0v) is 17.5. The molecule has 1 atom stereocenters. The third kappa shape index (κ3) is 2.67. The number of benzene rings is 3. The minimum atomic E-state index is -3.80. The van der Waals surface area contributed by atoms with E-state index < -0.39 is 10.0 Å². The van der Waals surface area contributed by atoms with Crippen LogP contribution >= 0.6 is 0 Å². The lowest BCUT2D eigenvalue weighted by molar-refractivity contribution is 0.585. The molecule has 0 aliphatic carbocycles. The summed E-state index contributed by atoms with van der Waals surface area (Å²) in [7, 11) is -1.94. The Morgan fingerprint density at radius 2 is 1.60 bits per heavy atom. The van der Waals surface area contributed by atoms with E-state index >= 15 is 0 Å². The number of anilines is 1. The van der Waals surface area contributed by atoms with Gasteiger partial charge >= 0.3 is 0 Å². The fraction of sp³-hybridized carbons (Fsp3) is 0.167. The van der Waals surface area contributed by atoms with E-state index in [0.29, 0.717) is 11.4 Å². The summed E-state index contributed by atoms with van der Waals surface area (Å²) in [4.78, 5) is 0.235. The number of aromatic nitrogens is 1. The first-order valence-electron chi connectivity index (χ1n) is 9.80. The molecule has 0 fully saturated rings. The summed E-state index contributed by atoms with van der Waals surface area (Å²) >= 11 is 0. The van der Waals surface area contributed by atoms with Gasteiger partial charge in [0.1, 0.15) is 11.6 Å². The number of aryl methyl sites for hydroxylation is 2. The third-order valence-electron chi connectivity index (χ3n) is 5.94. The maximum Gasteiger partial charge on any atom is 0.265 e. The van der Waals surface area contributed by atoms with Gasteiger partial charge in [-0.3, -0.25) is 4.31 Å². The lowest BCUT2D eigenvalue weighted by Crippen LogP contribution is -2.31. The fourth-order valence-corrected chi connectivity index (χ4v) is 5.99. The second kappa shape index (κ2) is 6.71. The van der Waals surface area contributed by atoms with Gasteiger partial charge in [-0.25, -0.2) is 12.8 Å². The van der Waals surface area contributed by atoms with Crippen molar-refractivity contribution < 1.29 is 12.8 Å². The van der Waals surface area contributed by atoms with Crippen molar-refractivity contribution in [1.29, 1.82) is 0 Å². The first-order chi connectivity index (χ1) is 14.4. The molecule has 5 rings (SSSR count). The lowest BCUT2D eigenvalue weighted by Gasteiger charge is -2.22. The van der Waals surface area contributed by atoms with Gasteiger partial charge in [0.2, 0.25) is 0 Å². The highest BCUT2D eigenvalue weighted by atomic mass is 32.2. The number of hydrogen-bond donors (Lipinski definition) is 0. The fourth-order valence-electron chi connectivity index (χ4n) is 4.46. The van der Waals surface area contributed by atoms with Crippen molar-refractivity contribution in [2.45, 2.75) is 17.7 Å². The molecule has 4 nitrogen and oxygen atoms in total. The number of fused-ring (bicyclic) bond motifs is 3. The van der Waals surface area contributed by atoms with Crippen LogP contribution in [0, 0.1) is 12.7 Å². The number of para-hydroxylation sites is 1. The molecule has 0 radical (unpaired) electrons. The number of hydrogen-bond acceptors (Lipinski definition) is 2. The Bertz CT molecular complexity index is 1370. The van der Waals surface area contributed by atoms with Crippen molar-refractivity contribution in [3.63, 3.8) is 0 Å². The van der Waals surface area contributed by atoms with E-state index in [9.17, 15) is 12.8 Å². The minimum Gasteiger partial charge on any atom is -0.330 e. The topological polar surface area (TPSA) is 42.3 Å². The lowest BCUT2D eigenvalue weighted by atomic mass is 9.92. The van der Waals surface area contributed by atoms with Gasteiger partial charge < -0.3 is 4.57 Å². The SMILES string of the molecule is Cc1ccc(S(=O)(=O)N2CC(c3ccccc3F)c3c2n(C)c2ccccc32)cc1. The highest BCUT2D eigenvalue weighted by Crippen LogP contribution is 2.48. The van der Waals surface area contributed by atoms with Gasteiger partial charge in [0, 0.05) is 36.0 Å². The van der Waals surface area contributed by atoms with E-state index in [1.54, 1.807) is 42.5 Å². The van der Waals surface area contributed by atoms with Gasteiger partial charge in [-0.1, -0.05) is 54.1 Å². The van der Waals surface area contributed by atoms with E-state index in [1.807, 2.05) is 42.8 Å². The van der Waals surface area contributed by atoms with E-state index in [2.05, 4.69) is 0 Å². The number of halogens is 1. The maximum absolute atomic E-state index is 14.8. The van der Waals surface area contributed by atoms with Gasteiger partial charge in [-0.2, -0.15) is 0 Å². The molecule has 2 heterocycles. The van der Waals surface area contributed by atoms with Crippen molar-refractivity contribution in [3.8, 4) is 0 Å². The van der Waals surface area contributed by atoms with Crippen LogP contribution in [-0.4, -0.2) is 19.5 Å². The van der Waals surface area contributed by atoms with E-state index in [-0.39, 0.29) is 23.2 Å². The molecule has 1 aromatic heterocycles. The highest BCUT2D eigenvalue weighted by molar-refractivity contribution is 7.92. The van der Waals surface area contributed by atoms with Gasteiger partial charge in [0.05, 0.1) is 4.90 Å². The molecular formula is C24H21FN2O2S. The highest BCUT2D eigenvalue weighted by Gasteiger charge is 2.42. The Balaban J connectivity index is 1.77. The predicted octanol–water partition coefficient (Wildman–Crippen LogP) is 4.97. The second-order valence-corrected chi connectivity index (χ2v) is 9.60. The predicted molar refractivity (Wildman–Crippen MR) is 117 cm³/mol. The monoisotopic (exact) mass is 420 g/mol. The largest absolute Gasteiger partial charge is 0.330 e. The first-order valence-corrected chi connectivity index (χ1v) is 11.2. The molecule has 3 aromatic carbocycles. The van der Waals surface area contributed by atoms with Crippen LogP contribution in [0.5, 0.6) is 0 Å². The molecule has 152 valence electrons. The van der Waals surface area contributed by atoms with Crippen LogP contribution in [0.1, 0.15) is 22.6 Å². The van der Waals surface area contributed by atoms with E-state index in [1.165, 1.54) is 10.4 Å². The molecule has 0 bridgehead atoms. The summed E-state index contributed by atoms with van der Waals surface area (Å²) in [5.74, 6) is -0.103. The van der Waals surface area contributed by atoms with Gasteiger partial charge in [-0.05, 0) is 36.8 Å². The average Bonchev–Trinajstić information content (AvgIpc) is 3.27. The molecular weight excluding hydrogens is 399 g/mol. The van der Waals surface area contributed by atoms with Crippen LogP contribution in [0.25, 0.3) is 10.9 Å². The summed E-state index contributed by atoms with van der Waals surface area (Å²) in [6.07, 6.45) is 0. The molecule has 0 saturated heterocycles. The summed E-state index contributed by atoms with van der Waals surface area (Å²) < 4.78 is 45.3. The zero-order chi connectivity index (χ0) is 21.0. The number of sulfonamides is 1. The van der Waals surface area contributed by atoms with Crippen molar-refractivity contribution in [1.82, 2.24) is 4.57 Å². The summed E-state index contributed by atoms with van der Waals surface area (Å²) in [5.41, 5.74) is 3.28. The smallest absolute Gasteiger partial charge is 0.265 e. The van der Waals surface area contributed by atoms with E-state index in [0.717, 1.165) is 22.0 Å². The van der Waals surface area contributed by atoms with Gasteiger partial charge in [0.25, 0.3) is 10.0 Å². The molecule has 1 aliphatic heterocycles. The minimum absolute atomic E-state index is 0.167. The van der Waals surface area contributed by atoms with Crippen molar-refractivity contribution in [2.75, 3.05) is 10.8 Å². The average molecular weight is 421 g/mol. The molecule has 6 heteroatoms.